The van der Waals surface area contributed by atoms with E-state index in [1.165, 1.54) is 85.9 Å². The first-order valence-electron chi connectivity index (χ1n) is 17.2. The normalized spacial score (nSPS) is 13.8. The van der Waals surface area contributed by atoms with Crippen molar-refractivity contribution in [3.63, 3.8) is 0 Å². The van der Waals surface area contributed by atoms with Gasteiger partial charge < -0.3 is 0 Å². The van der Waals surface area contributed by atoms with E-state index in [4.69, 9.17) is 0 Å². The Morgan fingerprint density at radius 3 is 2.02 bits per heavy atom. The number of allylic oxidation sites excluding steroid dienone is 7. The van der Waals surface area contributed by atoms with Gasteiger partial charge in [-0.1, -0.05) is 155 Å². The number of hydrogen-bond acceptors (Lipinski definition) is 1. The minimum Gasteiger partial charge on any atom is -0.135 e. The Hall–Kier alpha value is -5.76. The maximum atomic E-state index is 4.59. The summed E-state index contributed by atoms with van der Waals surface area (Å²) in [5.41, 5.74) is 10.9. The van der Waals surface area contributed by atoms with Gasteiger partial charge in [-0.25, -0.2) is 0 Å². The molecule has 1 aliphatic carbocycles. The van der Waals surface area contributed by atoms with Crippen molar-refractivity contribution in [2.45, 2.75) is 19.3 Å². The van der Waals surface area contributed by atoms with E-state index in [1.54, 1.807) is 6.08 Å². The molecule has 0 radical (unpaired) electrons. The highest BCUT2D eigenvalue weighted by Gasteiger charge is 2.38. The smallest absolute Gasteiger partial charge is 0.0361 e. The second-order valence-electron chi connectivity index (χ2n) is 13.8. The lowest BCUT2D eigenvalue weighted by atomic mass is 9.79. The molecule has 238 valence electrons. The van der Waals surface area contributed by atoms with Gasteiger partial charge in [0.1, 0.15) is 0 Å². The number of fused-ring (bicyclic) bond motifs is 11. The van der Waals surface area contributed by atoms with E-state index in [0.29, 0.717) is 0 Å². The van der Waals surface area contributed by atoms with Crippen LogP contribution in [0, 0.1) is 0 Å². The molecule has 7 aromatic carbocycles. The van der Waals surface area contributed by atoms with Crippen LogP contribution < -0.4 is 0 Å². The first-order valence-corrected chi connectivity index (χ1v) is 18.0. The largest absolute Gasteiger partial charge is 0.135 e. The van der Waals surface area contributed by atoms with Gasteiger partial charge in [0.25, 0.3) is 0 Å². The van der Waals surface area contributed by atoms with Crippen LogP contribution in [-0.4, -0.2) is 0 Å². The summed E-state index contributed by atoms with van der Waals surface area (Å²) in [6, 6.07) is 43.0. The zero-order valence-electron chi connectivity index (χ0n) is 28.4. The fraction of sp³-hybridized carbons (Fsp3) is 0.0612. The zero-order valence-corrected chi connectivity index (χ0v) is 29.2. The van der Waals surface area contributed by atoms with Gasteiger partial charge in [0.2, 0.25) is 0 Å². The maximum Gasteiger partial charge on any atom is 0.0361 e. The van der Waals surface area contributed by atoms with Crippen molar-refractivity contribution in [1.82, 2.24) is 0 Å². The van der Waals surface area contributed by atoms with E-state index in [-0.39, 0.29) is 5.41 Å². The van der Waals surface area contributed by atoms with Crippen LogP contribution in [0.3, 0.4) is 0 Å². The molecule has 0 spiro atoms. The molecule has 1 heterocycles. The van der Waals surface area contributed by atoms with Gasteiger partial charge in [-0.05, 0) is 107 Å². The second-order valence-corrected chi connectivity index (χ2v) is 14.9. The van der Waals surface area contributed by atoms with E-state index >= 15 is 0 Å². The summed E-state index contributed by atoms with van der Waals surface area (Å²) in [5, 5.41) is 10.3. The molecule has 0 atom stereocenters. The van der Waals surface area contributed by atoms with Crippen LogP contribution in [0.2, 0.25) is 0 Å². The summed E-state index contributed by atoms with van der Waals surface area (Å²) in [5.74, 6) is 0. The van der Waals surface area contributed by atoms with E-state index in [2.05, 4.69) is 155 Å². The first kappa shape index (κ1) is 30.3. The SMILES string of the molecule is C=C/C=C\C(C=C)=C\C(=C)c1c2ccccc2c(-c2ccc3c(c2)-c2ccc4ccc5sc6ccccc6c5c4c2C3(C)C)c2ccccc12. The Labute approximate surface area is 297 Å². The minimum atomic E-state index is -0.152. The molecule has 1 aliphatic rings. The summed E-state index contributed by atoms with van der Waals surface area (Å²) >= 11 is 1.90. The monoisotopic (exact) mass is 656 g/mol. The lowest BCUT2D eigenvalue weighted by Crippen LogP contribution is -2.15. The van der Waals surface area contributed by atoms with Crippen molar-refractivity contribution in [3.05, 3.63) is 188 Å². The molecule has 50 heavy (non-hydrogen) atoms. The highest BCUT2D eigenvalue weighted by molar-refractivity contribution is 7.26. The van der Waals surface area contributed by atoms with Gasteiger partial charge in [-0.15, -0.1) is 11.3 Å². The maximum absolute atomic E-state index is 4.59. The summed E-state index contributed by atoms with van der Waals surface area (Å²) < 4.78 is 2.70. The Balaban J connectivity index is 1.31. The van der Waals surface area contributed by atoms with E-state index in [1.807, 2.05) is 29.6 Å². The summed E-state index contributed by atoms with van der Waals surface area (Å²) in [7, 11) is 0. The average Bonchev–Trinajstić information content (AvgIpc) is 3.64. The van der Waals surface area contributed by atoms with Crippen LogP contribution >= 0.6 is 11.3 Å². The molecule has 0 nitrogen and oxygen atoms in total. The van der Waals surface area contributed by atoms with Crippen molar-refractivity contribution in [3.8, 4) is 22.3 Å². The average molecular weight is 657 g/mol. The topological polar surface area (TPSA) is 0 Å². The third-order valence-corrected chi connectivity index (χ3v) is 11.8. The molecule has 1 aromatic heterocycles. The Kier molecular flexibility index (Phi) is 6.91. The molecule has 0 aliphatic heterocycles. The van der Waals surface area contributed by atoms with Gasteiger partial charge in [0.05, 0.1) is 0 Å². The fourth-order valence-electron chi connectivity index (χ4n) is 8.52. The standard InChI is InChI=1S/C49H36S/c1-6-8-15-31(7-2)28-30(3)44-34-16-9-11-18-36(34)45(37-19-12-10-17-35(37)44)33-23-26-41-40(29-33)38-25-22-32-24-27-43-47(46(32)48(38)49(41,4)5)39-20-13-14-21-42(39)50-43/h6-29H,1-3H2,4-5H3/b15-8-,31-28+. The highest BCUT2D eigenvalue weighted by atomic mass is 32.1. The summed E-state index contributed by atoms with van der Waals surface area (Å²) in [4.78, 5) is 0. The molecular formula is C49H36S. The third kappa shape index (κ3) is 4.37. The van der Waals surface area contributed by atoms with Gasteiger partial charge in [0.15, 0.2) is 0 Å². The van der Waals surface area contributed by atoms with Gasteiger partial charge in [-0.2, -0.15) is 0 Å². The molecule has 0 saturated heterocycles. The van der Waals surface area contributed by atoms with Crippen LogP contribution in [0.5, 0.6) is 0 Å². The molecule has 0 N–H and O–H groups in total. The fourth-order valence-corrected chi connectivity index (χ4v) is 9.63. The van der Waals surface area contributed by atoms with Gasteiger partial charge >= 0.3 is 0 Å². The van der Waals surface area contributed by atoms with Crippen LogP contribution in [0.1, 0.15) is 30.5 Å². The third-order valence-electron chi connectivity index (χ3n) is 10.7. The van der Waals surface area contributed by atoms with E-state index in [9.17, 15) is 0 Å². The number of thiophene rings is 1. The van der Waals surface area contributed by atoms with Gasteiger partial charge in [0, 0.05) is 25.6 Å². The van der Waals surface area contributed by atoms with Crippen molar-refractivity contribution in [1.29, 1.82) is 0 Å². The lowest BCUT2D eigenvalue weighted by molar-refractivity contribution is 0.667. The molecule has 9 rings (SSSR count). The van der Waals surface area contributed by atoms with Crippen LogP contribution in [-0.2, 0) is 5.41 Å². The van der Waals surface area contributed by atoms with E-state index < -0.39 is 0 Å². The molecule has 0 unspecified atom stereocenters. The quantitative estimate of drug-likeness (QED) is 0.123. The molecule has 0 fully saturated rings. The molecule has 0 bridgehead atoms. The molecule has 0 amide bonds. The lowest BCUT2D eigenvalue weighted by Gasteiger charge is -2.24. The number of rotatable bonds is 6. The summed E-state index contributed by atoms with van der Waals surface area (Å²) in [6.45, 7) is 17.3. The zero-order chi connectivity index (χ0) is 34.1. The number of benzene rings is 7. The predicted molar refractivity (Wildman–Crippen MR) is 221 cm³/mol. The number of hydrogen-bond donors (Lipinski definition) is 0. The minimum absolute atomic E-state index is 0.152. The van der Waals surface area contributed by atoms with Crippen molar-refractivity contribution in [2.24, 2.45) is 0 Å². The molecule has 8 aromatic rings. The molecule has 0 saturated carbocycles. The highest BCUT2D eigenvalue weighted by Crippen LogP contribution is 2.55. The van der Waals surface area contributed by atoms with Gasteiger partial charge in [-0.3, -0.25) is 0 Å². The van der Waals surface area contributed by atoms with Crippen LogP contribution in [0.15, 0.2) is 171 Å². The molecule has 1 heteroatoms. The van der Waals surface area contributed by atoms with E-state index in [0.717, 1.165) is 16.7 Å². The van der Waals surface area contributed by atoms with Crippen molar-refractivity contribution in [2.75, 3.05) is 0 Å². The van der Waals surface area contributed by atoms with Crippen LogP contribution in [0.4, 0.5) is 0 Å². The second kappa shape index (κ2) is 11.4. The van der Waals surface area contributed by atoms with Crippen molar-refractivity contribution >= 4 is 69.4 Å². The molecular weight excluding hydrogens is 621 g/mol. The Bertz CT molecular complexity index is 2770. The predicted octanol–water partition coefficient (Wildman–Crippen LogP) is 14.4. The van der Waals surface area contributed by atoms with Crippen molar-refractivity contribution < 1.29 is 0 Å². The first-order chi connectivity index (χ1) is 24.4. The summed E-state index contributed by atoms with van der Waals surface area (Å²) in [6.07, 6.45) is 9.71. The van der Waals surface area contributed by atoms with Crippen LogP contribution in [0.25, 0.3) is 80.3 Å². The Morgan fingerprint density at radius 2 is 1.32 bits per heavy atom. The Morgan fingerprint density at radius 1 is 0.660 bits per heavy atom.